The highest BCUT2D eigenvalue weighted by Crippen LogP contribution is 2.43. The van der Waals surface area contributed by atoms with E-state index < -0.39 is 7.82 Å². The third kappa shape index (κ3) is 6.21. The van der Waals surface area contributed by atoms with Crippen molar-refractivity contribution < 1.29 is 18.5 Å². The second kappa shape index (κ2) is 8.83. The van der Waals surface area contributed by atoms with E-state index in [2.05, 4.69) is 39.0 Å². The predicted molar refractivity (Wildman–Crippen MR) is 90.1 cm³/mol. The minimum absolute atomic E-state index is 0.133. The average Bonchev–Trinajstić information content (AvgIpc) is 2.50. The number of phosphoric acid groups is 1. The number of hydrogen-bond acceptors (Lipinski definition) is 3. The van der Waals surface area contributed by atoms with Gasteiger partial charge < -0.3 is 4.89 Å². The van der Waals surface area contributed by atoms with Crippen molar-refractivity contribution >= 4 is 7.82 Å². The second-order valence-electron chi connectivity index (χ2n) is 6.13. The van der Waals surface area contributed by atoms with Gasteiger partial charge in [0.05, 0.1) is 13.2 Å². The molecular formula is C17H29O4P. The van der Waals surface area contributed by atoms with Gasteiger partial charge >= 0.3 is 7.82 Å². The molecular weight excluding hydrogens is 299 g/mol. The smallest absolute Gasteiger partial charge is 0.302 e. The Hall–Kier alpha value is -0.670. The number of phosphoric ester groups is 1. The van der Waals surface area contributed by atoms with Crippen LogP contribution in [0.15, 0.2) is 24.3 Å². The molecule has 0 bridgehead atoms. The number of hydrogen-bond donors (Lipinski definition) is 1. The molecule has 0 saturated heterocycles. The van der Waals surface area contributed by atoms with E-state index in [1.54, 1.807) is 0 Å². The van der Waals surface area contributed by atoms with E-state index in [1.807, 2.05) is 13.0 Å². The zero-order valence-corrected chi connectivity index (χ0v) is 15.1. The molecule has 0 spiro atoms. The van der Waals surface area contributed by atoms with Crippen LogP contribution in [0.5, 0.6) is 0 Å². The summed E-state index contributed by atoms with van der Waals surface area (Å²) in [6, 6.07) is 8.39. The third-order valence-corrected chi connectivity index (χ3v) is 4.95. The summed E-state index contributed by atoms with van der Waals surface area (Å²) in [6.45, 7) is 9.00. The average molecular weight is 328 g/mol. The first-order valence-corrected chi connectivity index (χ1v) is 9.52. The van der Waals surface area contributed by atoms with Gasteiger partial charge in [0.2, 0.25) is 0 Å². The monoisotopic (exact) mass is 328 g/mol. The highest BCUT2D eigenvalue weighted by atomic mass is 31.2. The van der Waals surface area contributed by atoms with E-state index in [-0.39, 0.29) is 18.6 Å². The SMILES string of the molecule is CCCOP(=O)(O)OCCCc1ccccc1C(C)(C)CC. The van der Waals surface area contributed by atoms with Gasteiger partial charge in [-0.2, -0.15) is 0 Å². The summed E-state index contributed by atoms with van der Waals surface area (Å²) in [5.41, 5.74) is 2.75. The summed E-state index contributed by atoms with van der Waals surface area (Å²) >= 11 is 0. The molecule has 0 aliphatic carbocycles. The molecule has 0 aliphatic heterocycles. The van der Waals surface area contributed by atoms with Crippen LogP contribution in [0.4, 0.5) is 0 Å². The van der Waals surface area contributed by atoms with E-state index >= 15 is 0 Å². The first-order chi connectivity index (χ1) is 10.3. The highest BCUT2D eigenvalue weighted by molar-refractivity contribution is 7.47. The Morgan fingerprint density at radius 2 is 1.77 bits per heavy atom. The van der Waals surface area contributed by atoms with Crippen LogP contribution in [0.2, 0.25) is 0 Å². The van der Waals surface area contributed by atoms with Crippen LogP contribution in [-0.2, 0) is 25.4 Å². The molecule has 22 heavy (non-hydrogen) atoms. The molecule has 126 valence electrons. The summed E-state index contributed by atoms with van der Waals surface area (Å²) in [4.78, 5) is 9.48. The van der Waals surface area contributed by atoms with Gasteiger partial charge in [-0.15, -0.1) is 0 Å². The summed E-state index contributed by atoms with van der Waals surface area (Å²) in [6.07, 6.45) is 3.27. The van der Waals surface area contributed by atoms with Crippen LogP contribution in [0.3, 0.4) is 0 Å². The van der Waals surface area contributed by atoms with Crippen molar-refractivity contribution in [2.45, 2.75) is 58.8 Å². The second-order valence-corrected chi connectivity index (χ2v) is 7.59. The zero-order valence-electron chi connectivity index (χ0n) is 14.2. The largest absolute Gasteiger partial charge is 0.472 e. The molecule has 0 amide bonds. The van der Waals surface area contributed by atoms with Gasteiger partial charge in [-0.3, -0.25) is 9.05 Å². The lowest BCUT2D eigenvalue weighted by Gasteiger charge is -2.26. The van der Waals surface area contributed by atoms with Gasteiger partial charge in [0.1, 0.15) is 0 Å². The lowest BCUT2D eigenvalue weighted by atomic mass is 9.79. The predicted octanol–water partition coefficient (Wildman–Crippen LogP) is 4.85. The van der Waals surface area contributed by atoms with Crippen LogP contribution >= 0.6 is 7.82 Å². The normalized spacial score (nSPS) is 14.8. The van der Waals surface area contributed by atoms with Crippen molar-refractivity contribution in [3.63, 3.8) is 0 Å². The molecule has 0 fully saturated rings. The van der Waals surface area contributed by atoms with Crippen LogP contribution in [0.1, 0.15) is 58.1 Å². The zero-order chi connectivity index (χ0) is 16.6. The summed E-state index contributed by atoms with van der Waals surface area (Å²) in [5.74, 6) is 0. The molecule has 0 radical (unpaired) electrons. The van der Waals surface area contributed by atoms with Crippen LogP contribution in [-0.4, -0.2) is 18.1 Å². The van der Waals surface area contributed by atoms with Crippen molar-refractivity contribution in [1.29, 1.82) is 0 Å². The van der Waals surface area contributed by atoms with Crippen molar-refractivity contribution in [2.24, 2.45) is 0 Å². The van der Waals surface area contributed by atoms with Crippen LogP contribution in [0.25, 0.3) is 0 Å². The molecule has 1 N–H and O–H groups in total. The van der Waals surface area contributed by atoms with Gasteiger partial charge in [-0.05, 0) is 42.2 Å². The lowest BCUT2D eigenvalue weighted by Crippen LogP contribution is -2.18. The van der Waals surface area contributed by atoms with Crippen molar-refractivity contribution in [3.8, 4) is 0 Å². The van der Waals surface area contributed by atoms with Gasteiger partial charge in [-0.25, -0.2) is 4.57 Å². The quantitative estimate of drug-likeness (QED) is 0.493. The standard InChI is InChI=1S/C17H29O4P/c1-5-13-20-22(18,19)21-14-9-11-15-10-7-8-12-16(15)17(3,4)6-2/h7-8,10,12H,5-6,9,11,13-14H2,1-4H3,(H,18,19). The molecule has 1 unspecified atom stereocenters. The van der Waals surface area contributed by atoms with Crippen molar-refractivity contribution in [2.75, 3.05) is 13.2 Å². The van der Waals surface area contributed by atoms with Crippen LogP contribution < -0.4 is 0 Å². The Labute approximate surface area is 134 Å². The van der Waals surface area contributed by atoms with Crippen LogP contribution in [0, 0.1) is 0 Å². The van der Waals surface area contributed by atoms with E-state index in [0.717, 1.165) is 12.8 Å². The molecule has 0 heterocycles. The Morgan fingerprint density at radius 1 is 1.14 bits per heavy atom. The molecule has 1 aromatic carbocycles. The fourth-order valence-corrected chi connectivity index (χ4v) is 3.12. The van der Waals surface area contributed by atoms with Crippen molar-refractivity contribution in [1.82, 2.24) is 0 Å². The number of aryl methyl sites for hydroxylation is 1. The first-order valence-electron chi connectivity index (χ1n) is 8.02. The maximum absolute atomic E-state index is 11.6. The topological polar surface area (TPSA) is 55.8 Å². The Balaban J connectivity index is 2.54. The fraction of sp³-hybridized carbons (Fsp3) is 0.647. The van der Waals surface area contributed by atoms with E-state index in [1.165, 1.54) is 11.1 Å². The minimum Gasteiger partial charge on any atom is -0.302 e. The molecule has 4 nitrogen and oxygen atoms in total. The third-order valence-electron chi connectivity index (χ3n) is 3.93. The van der Waals surface area contributed by atoms with Gasteiger partial charge in [0.25, 0.3) is 0 Å². The summed E-state index contributed by atoms with van der Waals surface area (Å²) in [5, 5.41) is 0. The molecule has 1 rings (SSSR count). The Kier molecular flexibility index (Phi) is 7.78. The van der Waals surface area contributed by atoms with E-state index in [9.17, 15) is 9.46 Å². The Bertz CT molecular complexity index is 499. The van der Waals surface area contributed by atoms with Gasteiger partial charge in [0, 0.05) is 0 Å². The lowest BCUT2D eigenvalue weighted by molar-refractivity contribution is 0.148. The minimum atomic E-state index is -3.88. The summed E-state index contributed by atoms with van der Waals surface area (Å²) in [7, 11) is -3.88. The molecule has 0 saturated carbocycles. The maximum Gasteiger partial charge on any atom is 0.472 e. The number of benzene rings is 1. The van der Waals surface area contributed by atoms with E-state index in [4.69, 9.17) is 9.05 Å². The maximum atomic E-state index is 11.6. The molecule has 1 aromatic rings. The van der Waals surface area contributed by atoms with Gasteiger partial charge in [-0.1, -0.05) is 52.0 Å². The number of rotatable bonds is 10. The Morgan fingerprint density at radius 3 is 2.41 bits per heavy atom. The molecule has 5 heteroatoms. The molecule has 0 aliphatic rings. The van der Waals surface area contributed by atoms with E-state index in [0.29, 0.717) is 12.8 Å². The molecule has 0 aromatic heterocycles. The summed E-state index contributed by atoms with van der Waals surface area (Å²) < 4.78 is 21.4. The first kappa shape index (κ1) is 19.4. The molecule has 1 atom stereocenters. The fourth-order valence-electron chi connectivity index (χ4n) is 2.28. The van der Waals surface area contributed by atoms with Crippen molar-refractivity contribution in [3.05, 3.63) is 35.4 Å². The van der Waals surface area contributed by atoms with Gasteiger partial charge in [0.15, 0.2) is 0 Å². The highest BCUT2D eigenvalue weighted by Gasteiger charge is 2.22.